The Labute approximate surface area is 197 Å². The fraction of sp³-hybridized carbons (Fsp3) is 0.0833. The summed E-state index contributed by atoms with van der Waals surface area (Å²) < 4.78 is 29.6. The Morgan fingerprint density at radius 3 is 2.30 bits per heavy atom. The zero-order valence-electron chi connectivity index (χ0n) is 17.5. The van der Waals surface area contributed by atoms with E-state index in [-0.39, 0.29) is 18.0 Å². The van der Waals surface area contributed by atoms with Gasteiger partial charge in [0.25, 0.3) is 10.0 Å². The van der Waals surface area contributed by atoms with Gasteiger partial charge in [-0.05, 0) is 54.1 Å². The van der Waals surface area contributed by atoms with Crippen LogP contribution in [-0.4, -0.2) is 30.4 Å². The number of rotatable bonds is 8. The number of carbonyl (C=O) groups is 1. The van der Waals surface area contributed by atoms with Crippen LogP contribution >= 0.6 is 11.6 Å². The second kappa shape index (κ2) is 9.89. The predicted molar refractivity (Wildman–Crippen MR) is 128 cm³/mol. The molecule has 0 bridgehead atoms. The maximum atomic E-state index is 13.3. The van der Waals surface area contributed by atoms with Crippen molar-refractivity contribution in [3.05, 3.63) is 108 Å². The molecule has 0 unspecified atom stereocenters. The van der Waals surface area contributed by atoms with Crippen molar-refractivity contribution < 1.29 is 13.2 Å². The number of halogens is 1. The molecule has 0 atom stereocenters. The molecule has 0 aliphatic rings. The van der Waals surface area contributed by atoms with Crippen LogP contribution < -0.4 is 9.62 Å². The van der Waals surface area contributed by atoms with E-state index < -0.39 is 15.9 Å². The molecule has 0 aliphatic heterocycles. The lowest BCUT2D eigenvalue weighted by Crippen LogP contribution is -2.40. The van der Waals surface area contributed by atoms with Gasteiger partial charge in [0.05, 0.1) is 16.9 Å². The second-order valence-electron chi connectivity index (χ2n) is 7.21. The third-order valence-corrected chi connectivity index (χ3v) is 7.00. The summed E-state index contributed by atoms with van der Waals surface area (Å²) in [6, 6.07) is 22.0. The van der Waals surface area contributed by atoms with Crippen LogP contribution in [0, 0.1) is 0 Å². The first-order chi connectivity index (χ1) is 15.9. The van der Waals surface area contributed by atoms with Gasteiger partial charge in [-0.25, -0.2) is 13.4 Å². The highest BCUT2D eigenvalue weighted by Gasteiger charge is 2.27. The van der Waals surface area contributed by atoms with Gasteiger partial charge in [0.2, 0.25) is 5.91 Å². The van der Waals surface area contributed by atoms with Crippen molar-refractivity contribution in [3.63, 3.8) is 0 Å². The summed E-state index contributed by atoms with van der Waals surface area (Å²) in [6.45, 7) is -0.0885. The molecule has 0 radical (unpaired) electrons. The van der Waals surface area contributed by atoms with Gasteiger partial charge < -0.3 is 9.88 Å². The van der Waals surface area contributed by atoms with E-state index in [0.29, 0.717) is 10.7 Å². The van der Waals surface area contributed by atoms with E-state index in [2.05, 4.69) is 10.3 Å². The Balaban J connectivity index is 1.48. The lowest BCUT2D eigenvalue weighted by molar-refractivity contribution is -0.119. The number of nitrogens with zero attached hydrogens (tertiary/aromatic N) is 3. The number of benzene rings is 3. The number of anilines is 1. The predicted octanol–water partition coefficient (Wildman–Crippen LogP) is 4.04. The van der Waals surface area contributed by atoms with E-state index in [1.807, 2.05) is 35.0 Å². The van der Waals surface area contributed by atoms with Crippen LogP contribution in [0.25, 0.3) is 5.69 Å². The topological polar surface area (TPSA) is 84.3 Å². The molecule has 3 aromatic carbocycles. The highest BCUT2D eigenvalue weighted by Crippen LogP contribution is 2.24. The summed E-state index contributed by atoms with van der Waals surface area (Å²) in [6.07, 6.45) is 5.25. The molecule has 0 saturated heterocycles. The molecule has 1 aromatic heterocycles. The van der Waals surface area contributed by atoms with Gasteiger partial charge in [0, 0.05) is 29.6 Å². The maximum Gasteiger partial charge on any atom is 0.264 e. The molecule has 1 heterocycles. The van der Waals surface area contributed by atoms with Gasteiger partial charge in [-0.15, -0.1) is 0 Å². The number of amides is 1. The number of nitrogens with one attached hydrogen (secondary N) is 1. The number of hydrogen-bond donors (Lipinski definition) is 1. The van der Waals surface area contributed by atoms with Crippen LogP contribution in [0.2, 0.25) is 5.02 Å². The average Bonchev–Trinajstić information content (AvgIpc) is 3.37. The molecule has 0 spiro atoms. The van der Waals surface area contributed by atoms with Gasteiger partial charge in [-0.2, -0.15) is 0 Å². The molecule has 1 amide bonds. The van der Waals surface area contributed by atoms with Crippen molar-refractivity contribution in [3.8, 4) is 5.69 Å². The third kappa shape index (κ3) is 5.42. The standard InChI is InChI=1S/C24H21ClN4O3S/c25-20-8-12-23(13-9-20)33(31,32)29(22-4-2-1-3-5-22)17-24(30)27-16-19-6-10-21(11-7-19)28-15-14-26-18-28/h1-15,18H,16-17H2,(H,27,30). The minimum absolute atomic E-state index is 0.0543. The van der Waals surface area contributed by atoms with Crippen LogP contribution in [0.15, 0.2) is 102 Å². The largest absolute Gasteiger partial charge is 0.350 e. The lowest BCUT2D eigenvalue weighted by Gasteiger charge is -2.24. The highest BCUT2D eigenvalue weighted by atomic mass is 35.5. The monoisotopic (exact) mass is 480 g/mol. The van der Waals surface area contributed by atoms with E-state index in [4.69, 9.17) is 11.6 Å². The minimum atomic E-state index is -3.97. The van der Waals surface area contributed by atoms with Crippen LogP contribution in [0.5, 0.6) is 0 Å². The number of aromatic nitrogens is 2. The fourth-order valence-electron chi connectivity index (χ4n) is 3.23. The highest BCUT2D eigenvalue weighted by molar-refractivity contribution is 7.92. The molecule has 9 heteroatoms. The SMILES string of the molecule is O=C(CN(c1ccccc1)S(=O)(=O)c1ccc(Cl)cc1)NCc1ccc(-n2ccnc2)cc1. The Hall–Kier alpha value is -3.62. The van der Waals surface area contributed by atoms with Crippen LogP contribution in [0.3, 0.4) is 0 Å². The van der Waals surface area contributed by atoms with Crippen molar-refractivity contribution in [1.29, 1.82) is 0 Å². The van der Waals surface area contributed by atoms with E-state index >= 15 is 0 Å². The van der Waals surface area contributed by atoms with Gasteiger partial charge in [-0.1, -0.05) is 41.9 Å². The normalized spacial score (nSPS) is 11.2. The smallest absolute Gasteiger partial charge is 0.264 e. The first-order valence-electron chi connectivity index (χ1n) is 10.1. The Morgan fingerprint density at radius 2 is 1.67 bits per heavy atom. The minimum Gasteiger partial charge on any atom is -0.350 e. The molecular formula is C24H21ClN4O3S. The molecule has 33 heavy (non-hydrogen) atoms. The van der Waals surface area contributed by atoms with Crippen LogP contribution in [0.4, 0.5) is 5.69 Å². The second-order valence-corrected chi connectivity index (χ2v) is 9.51. The maximum absolute atomic E-state index is 13.3. The Bertz CT molecular complexity index is 1310. The molecule has 168 valence electrons. The van der Waals surface area contributed by atoms with Crippen molar-refractivity contribution in [2.45, 2.75) is 11.4 Å². The molecule has 0 saturated carbocycles. The van der Waals surface area contributed by atoms with Gasteiger partial charge in [0.1, 0.15) is 6.54 Å². The van der Waals surface area contributed by atoms with Crippen LogP contribution in [-0.2, 0) is 21.4 Å². The Kier molecular flexibility index (Phi) is 6.76. The van der Waals surface area contributed by atoms with Crippen molar-refractivity contribution >= 4 is 33.2 Å². The van der Waals surface area contributed by atoms with Crippen LogP contribution in [0.1, 0.15) is 5.56 Å². The van der Waals surface area contributed by atoms with E-state index in [0.717, 1.165) is 15.6 Å². The average molecular weight is 481 g/mol. The fourth-order valence-corrected chi connectivity index (χ4v) is 4.77. The van der Waals surface area contributed by atoms with E-state index in [1.165, 1.54) is 24.3 Å². The molecule has 0 aliphatic carbocycles. The zero-order valence-corrected chi connectivity index (χ0v) is 19.1. The summed E-state index contributed by atoms with van der Waals surface area (Å²) in [5, 5.41) is 3.23. The summed E-state index contributed by atoms with van der Waals surface area (Å²) in [5.74, 6) is -0.421. The number of imidazole rings is 1. The quantitative estimate of drug-likeness (QED) is 0.412. The van der Waals surface area contributed by atoms with E-state index in [9.17, 15) is 13.2 Å². The van der Waals surface area contributed by atoms with E-state index in [1.54, 1.807) is 42.9 Å². The summed E-state index contributed by atoms with van der Waals surface area (Å²) >= 11 is 5.90. The first kappa shape index (κ1) is 22.6. The zero-order chi connectivity index (χ0) is 23.3. The molecule has 0 fully saturated rings. The molecule has 1 N–H and O–H groups in total. The first-order valence-corrected chi connectivity index (χ1v) is 11.9. The molecule has 4 rings (SSSR count). The number of sulfonamides is 1. The summed E-state index contributed by atoms with van der Waals surface area (Å²) in [4.78, 5) is 16.8. The van der Waals surface area contributed by atoms with Gasteiger partial charge >= 0.3 is 0 Å². The number of hydrogen-bond acceptors (Lipinski definition) is 4. The van der Waals surface area contributed by atoms with Crippen molar-refractivity contribution in [2.75, 3.05) is 10.8 Å². The molecular weight excluding hydrogens is 460 g/mol. The van der Waals surface area contributed by atoms with Gasteiger partial charge in [0.15, 0.2) is 0 Å². The van der Waals surface area contributed by atoms with Gasteiger partial charge in [-0.3, -0.25) is 9.10 Å². The summed E-state index contributed by atoms with van der Waals surface area (Å²) in [5.41, 5.74) is 2.23. The van der Waals surface area contributed by atoms with Crippen molar-refractivity contribution in [1.82, 2.24) is 14.9 Å². The Morgan fingerprint density at radius 1 is 0.970 bits per heavy atom. The molecule has 4 aromatic rings. The third-order valence-electron chi connectivity index (χ3n) is 4.96. The number of carbonyl (C=O) groups excluding carboxylic acids is 1. The lowest BCUT2D eigenvalue weighted by atomic mass is 10.2. The van der Waals surface area contributed by atoms with Crippen molar-refractivity contribution in [2.24, 2.45) is 0 Å². The molecule has 7 nitrogen and oxygen atoms in total. The number of para-hydroxylation sites is 1. The summed E-state index contributed by atoms with van der Waals surface area (Å²) in [7, 11) is -3.97.